The van der Waals surface area contributed by atoms with Gasteiger partial charge in [0.1, 0.15) is 5.75 Å². The Bertz CT molecular complexity index is 392. The summed E-state index contributed by atoms with van der Waals surface area (Å²) in [6.45, 7) is 1.42. The third-order valence-corrected chi connectivity index (χ3v) is 3.27. The molecule has 7 heteroatoms. The molecule has 0 aromatic heterocycles. The maximum Gasteiger partial charge on any atom is 0.394 e. The Hall–Kier alpha value is -0.620. The Kier molecular flexibility index (Phi) is 3.64. The minimum atomic E-state index is -4.62. The van der Waals surface area contributed by atoms with Crippen molar-refractivity contribution >= 4 is 23.4 Å². The fraction of sp³-hybridized carbons (Fsp3) is 0.333. The van der Waals surface area contributed by atoms with Gasteiger partial charge in [0.05, 0.1) is 0 Å². The number of thioether (sulfide) groups is 1. The van der Waals surface area contributed by atoms with E-state index in [2.05, 4.69) is 11.6 Å². The second-order valence-electron chi connectivity index (χ2n) is 3.07. The number of halogens is 5. The number of aromatic hydroxyl groups is 1. The van der Waals surface area contributed by atoms with Gasteiger partial charge in [-0.15, -0.1) is 0 Å². The van der Waals surface area contributed by atoms with Gasteiger partial charge in [0.15, 0.2) is 0 Å². The molecule has 1 N–H and O–H groups in total. The van der Waals surface area contributed by atoms with Crippen LogP contribution in [0, 0.1) is 6.92 Å². The van der Waals surface area contributed by atoms with Crippen molar-refractivity contribution in [1.29, 1.82) is 0 Å². The van der Waals surface area contributed by atoms with E-state index in [1.807, 2.05) is 0 Å². The highest BCUT2D eigenvalue weighted by Crippen LogP contribution is 2.49. The quantitative estimate of drug-likeness (QED) is 0.506. The van der Waals surface area contributed by atoms with Gasteiger partial charge in [0, 0.05) is 4.90 Å². The van der Waals surface area contributed by atoms with Crippen molar-refractivity contribution in [3.05, 3.63) is 23.8 Å². The molecule has 0 aliphatic carbocycles. The van der Waals surface area contributed by atoms with E-state index >= 15 is 0 Å². The predicted molar refractivity (Wildman–Crippen MR) is 54.4 cm³/mol. The predicted octanol–water partition coefficient (Wildman–Crippen LogP) is 4.22. The summed E-state index contributed by atoms with van der Waals surface area (Å²) in [5.74, 6) is -0.122. The molecule has 0 radical (unpaired) electrons. The van der Waals surface area contributed by atoms with Crippen molar-refractivity contribution in [2.24, 2.45) is 0 Å². The van der Waals surface area contributed by atoms with E-state index in [-0.39, 0.29) is 28.0 Å². The molecule has 1 nitrogen and oxygen atoms in total. The van der Waals surface area contributed by atoms with Crippen LogP contribution in [0.5, 0.6) is 5.75 Å². The Morgan fingerprint density at radius 3 is 2.25 bits per heavy atom. The summed E-state index contributed by atoms with van der Waals surface area (Å²) < 4.78 is 50.5. The molecule has 16 heavy (non-hydrogen) atoms. The van der Waals surface area contributed by atoms with Crippen LogP contribution in [-0.2, 0) is 0 Å². The van der Waals surface area contributed by atoms with E-state index in [1.54, 1.807) is 0 Å². The largest absolute Gasteiger partial charge is 0.508 e. The van der Waals surface area contributed by atoms with Gasteiger partial charge in [-0.2, -0.15) is 17.6 Å². The molecule has 0 aliphatic heterocycles. The monoisotopic (exact) mass is 274 g/mol. The van der Waals surface area contributed by atoms with Gasteiger partial charge in [0.2, 0.25) is 0 Å². The van der Waals surface area contributed by atoms with Gasteiger partial charge in [-0.25, -0.2) is 0 Å². The van der Waals surface area contributed by atoms with Crippen molar-refractivity contribution < 1.29 is 22.7 Å². The molecule has 0 saturated heterocycles. The molecule has 0 spiro atoms. The van der Waals surface area contributed by atoms with Crippen LogP contribution in [0.25, 0.3) is 0 Å². The van der Waals surface area contributed by atoms with Crippen LogP contribution in [0.1, 0.15) is 5.56 Å². The molecule has 0 aliphatic rings. The fourth-order valence-electron chi connectivity index (χ4n) is 0.944. The van der Waals surface area contributed by atoms with E-state index in [4.69, 9.17) is 5.11 Å². The topological polar surface area (TPSA) is 20.2 Å². The van der Waals surface area contributed by atoms with Crippen LogP contribution >= 0.6 is 23.4 Å². The first kappa shape index (κ1) is 13.4. The van der Waals surface area contributed by atoms with Crippen LogP contribution in [0.3, 0.4) is 0 Å². The smallest absolute Gasteiger partial charge is 0.394 e. The molecule has 0 heterocycles. The lowest BCUT2D eigenvalue weighted by atomic mass is 10.2. The number of hydrogen-bond acceptors (Lipinski definition) is 2. The van der Waals surface area contributed by atoms with Gasteiger partial charge in [-0.3, -0.25) is 0 Å². The highest BCUT2D eigenvalue weighted by Gasteiger charge is 2.56. The maximum absolute atomic E-state index is 12.9. The zero-order valence-electron chi connectivity index (χ0n) is 7.98. The number of rotatable bonds is 3. The number of phenols is 1. The lowest BCUT2D eigenvalue weighted by molar-refractivity contribution is -0.0898. The minimum Gasteiger partial charge on any atom is -0.508 e. The molecular formula is C9H7ClF4OS. The SMILES string of the molecule is Cc1cc(O)ccc1SC(F)(F)C(F)(F)Cl. The summed E-state index contributed by atoms with van der Waals surface area (Å²) in [5.41, 5.74) is 0.269. The van der Waals surface area contributed by atoms with Crippen molar-refractivity contribution in [2.45, 2.75) is 22.5 Å². The van der Waals surface area contributed by atoms with Crippen LogP contribution in [-0.4, -0.2) is 15.7 Å². The summed E-state index contributed by atoms with van der Waals surface area (Å²) in [6.07, 6.45) is 0. The van der Waals surface area contributed by atoms with Crippen molar-refractivity contribution in [3.8, 4) is 5.75 Å². The molecule has 0 fully saturated rings. The molecule has 0 atom stereocenters. The molecule has 0 unspecified atom stereocenters. The highest BCUT2D eigenvalue weighted by atomic mass is 35.5. The van der Waals surface area contributed by atoms with Crippen LogP contribution in [0.2, 0.25) is 0 Å². The third-order valence-electron chi connectivity index (χ3n) is 1.73. The summed E-state index contributed by atoms with van der Waals surface area (Å²) >= 11 is 3.97. The average Bonchev–Trinajstić information content (AvgIpc) is 2.08. The molecule has 1 rings (SSSR count). The van der Waals surface area contributed by atoms with E-state index in [9.17, 15) is 17.6 Å². The lowest BCUT2D eigenvalue weighted by Gasteiger charge is -2.20. The van der Waals surface area contributed by atoms with E-state index in [0.717, 1.165) is 12.1 Å². The number of aryl methyl sites for hydroxylation is 1. The second kappa shape index (κ2) is 4.33. The number of hydrogen-bond donors (Lipinski definition) is 1. The second-order valence-corrected chi connectivity index (χ2v) is 4.70. The maximum atomic E-state index is 12.9. The molecule has 1 aromatic carbocycles. The van der Waals surface area contributed by atoms with Gasteiger partial charge in [-0.1, -0.05) is 0 Å². The Balaban J connectivity index is 2.97. The summed E-state index contributed by atoms with van der Waals surface area (Å²) in [6, 6.07) is 3.47. The normalized spacial score (nSPS) is 12.9. The first-order valence-electron chi connectivity index (χ1n) is 4.06. The first-order valence-corrected chi connectivity index (χ1v) is 5.26. The van der Waals surface area contributed by atoms with Crippen LogP contribution < -0.4 is 0 Å². The summed E-state index contributed by atoms with van der Waals surface area (Å²) in [5, 5.41) is -0.00476. The summed E-state index contributed by atoms with van der Waals surface area (Å²) in [7, 11) is 0. The zero-order chi connectivity index (χ0) is 12.6. The van der Waals surface area contributed by atoms with E-state index < -0.39 is 10.6 Å². The summed E-state index contributed by atoms with van der Waals surface area (Å²) in [4.78, 5) is -0.0666. The fourth-order valence-corrected chi connectivity index (χ4v) is 1.81. The van der Waals surface area contributed by atoms with Crippen molar-refractivity contribution in [2.75, 3.05) is 0 Å². The van der Waals surface area contributed by atoms with Gasteiger partial charge >= 0.3 is 10.6 Å². The Morgan fingerprint density at radius 2 is 1.81 bits per heavy atom. The number of phenolic OH excluding ortho intramolecular Hbond substituents is 1. The molecule has 90 valence electrons. The molecule has 1 aromatic rings. The Labute approximate surface area is 98.4 Å². The molecule has 0 bridgehead atoms. The highest BCUT2D eigenvalue weighted by molar-refractivity contribution is 8.00. The van der Waals surface area contributed by atoms with Crippen molar-refractivity contribution in [1.82, 2.24) is 0 Å². The molecular weight excluding hydrogens is 268 g/mol. The van der Waals surface area contributed by atoms with Gasteiger partial charge < -0.3 is 5.11 Å². The van der Waals surface area contributed by atoms with Gasteiger partial charge in [-0.05, 0) is 54.0 Å². The number of benzene rings is 1. The van der Waals surface area contributed by atoms with Crippen LogP contribution in [0.15, 0.2) is 23.1 Å². The van der Waals surface area contributed by atoms with E-state index in [0.29, 0.717) is 0 Å². The molecule has 0 saturated carbocycles. The van der Waals surface area contributed by atoms with Crippen LogP contribution in [0.4, 0.5) is 17.6 Å². The van der Waals surface area contributed by atoms with E-state index in [1.165, 1.54) is 13.0 Å². The lowest BCUT2D eigenvalue weighted by Crippen LogP contribution is -2.31. The standard InChI is InChI=1S/C9H7ClF4OS/c1-5-4-6(15)2-3-7(5)16-9(13,14)8(10,11)12/h2-4,15H,1H3. The third kappa shape index (κ3) is 2.95. The van der Waals surface area contributed by atoms with Gasteiger partial charge in [0.25, 0.3) is 0 Å². The Morgan fingerprint density at radius 1 is 1.25 bits per heavy atom. The number of alkyl halides is 5. The zero-order valence-corrected chi connectivity index (χ0v) is 9.55. The molecule has 0 amide bonds. The van der Waals surface area contributed by atoms with Crippen molar-refractivity contribution in [3.63, 3.8) is 0 Å². The first-order chi connectivity index (χ1) is 7.13. The average molecular weight is 275 g/mol. The minimum absolute atomic E-state index is 0.0666.